The van der Waals surface area contributed by atoms with Gasteiger partial charge in [-0.2, -0.15) is 0 Å². The van der Waals surface area contributed by atoms with Gasteiger partial charge in [-0.1, -0.05) is 63.2 Å². The summed E-state index contributed by atoms with van der Waals surface area (Å²) in [4.78, 5) is 13.4. The molecule has 34 heavy (non-hydrogen) atoms. The number of hydrogen-bond donors (Lipinski definition) is 1. The van der Waals surface area contributed by atoms with E-state index in [0.29, 0.717) is 17.1 Å². The predicted octanol–water partition coefficient (Wildman–Crippen LogP) is 5.20. The van der Waals surface area contributed by atoms with Crippen molar-refractivity contribution in [3.05, 3.63) is 83.4 Å². The minimum absolute atomic E-state index is 0.130. The van der Waals surface area contributed by atoms with Gasteiger partial charge in [-0.15, -0.1) is 0 Å². The Morgan fingerprint density at radius 2 is 1.62 bits per heavy atom. The number of fused-ring (bicyclic) bond motifs is 1. The van der Waals surface area contributed by atoms with E-state index in [1.54, 1.807) is 36.4 Å². The first kappa shape index (κ1) is 23.8. The van der Waals surface area contributed by atoms with Crippen molar-refractivity contribution in [2.45, 2.75) is 51.0 Å². The van der Waals surface area contributed by atoms with Crippen molar-refractivity contribution in [2.75, 3.05) is 16.2 Å². The van der Waals surface area contributed by atoms with Crippen molar-refractivity contribution >= 4 is 27.3 Å². The van der Waals surface area contributed by atoms with Gasteiger partial charge >= 0.3 is 0 Å². The molecule has 0 unspecified atom stereocenters. The van der Waals surface area contributed by atoms with Crippen LogP contribution < -0.4 is 14.4 Å². The summed E-state index contributed by atoms with van der Waals surface area (Å²) in [5.74, 6) is -0.0309. The number of carbonyl (C=O) groups excluding carboxylic acids is 1. The van der Waals surface area contributed by atoms with Crippen molar-refractivity contribution in [2.24, 2.45) is 0 Å². The molecule has 0 aliphatic carbocycles. The monoisotopic (exact) mass is 478 g/mol. The molecule has 3 aromatic carbocycles. The summed E-state index contributed by atoms with van der Waals surface area (Å²) in [6.45, 7) is 9.90. The van der Waals surface area contributed by atoms with Crippen LogP contribution in [0.5, 0.6) is 5.75 Å². The molecule has 3 aromatic rings. The molecule has 0 saturated heterocycles. The van der Waals surface area contributed by atoms with Gasteiger partial charge in [-0.05, 0) is 60.2 Å². The summed E-state index contributed by atoms with van der Waals surface area (Å²) in [6, 6.07) is 19.5. The first-order valence-corrected chi connectivity index (χ1v) is 12.7. The molecule has 0 fully saturated rings. The van der Waals surface area contributed by atoms with E-state index in [1.807, 2.05) is 44.2 Å². The zero-order valence-electron chi connectivity index (χ0n) is 20.1. The molecule has 0 radical (unpaired) electrons. The lowest BCUT2D eigenvalue weighted by atomic mass is 9.86. The summed E-state index contributed by atoms with van der Waals surface area (Å²) >= 11 is 0. The van der Waals surface area contributed by atoms with E-state index < -0.39 is 22.0 Å². The fraction of sp³-hybridized carbons (Fsp3) is 0.296. The smallest absolute Gasteiger partial charge is 0.267 e. The Morgan fingerprint density at radius 1 is 0.971 bits per heavy atom. The Labute approximate surface area is 201 Å². The third-order valence-electron chi connectivity index (χ3n) is 6.05. The first-order chi connectivity index (χ1) is 16.0. The average Bonchev–Trinajstić information content (AvgIpc) is 2.80. The van der Waals surface area contributed by atoms with E-state index in [9.17, 15) is 13.2 Å². The maximum atomic E-state index is 13.7. The molecule has 0 bridgehead atoms. The summed E-state index contributed by atoms with van der Waals surface area (Å²) in [7, 11) is -3.92. The Balaban J connectivity index is 1.76. The van der Waals surface area contributed by atoms with Gasteiger partial charge < -0.3 is 10.1 Å². The van der Waals surface area contributed by atoms with Crippen LogP contribution in [0.15, 0.2) is 71.6 Å². The molecular weight excluding hydrogens is 448 g/mol. The van der Waals surface area contributed by atoms with Gasteiger partial charge in [-0.3, -0.25) is 9.10 Å². The normalized spacial score (nSPS) is 15.9. The van der Waals surface area contributed by atoms with Gasteiger partial charge in [0.05, 0.1) is 17.1 Å². The van der Waals surface area contributed by atoms with E-state index in [0.717, 1.165) is 16.7 Å². The minimum atomic E-state index is -3.92. The van der Waals surface area contributed by atoms with Crippen LogP contribution in [0.3, 0.4) is 0 Å². The highest BCUT2D eigenvalue weighted by molar-refractivity contribution is 7.92. The zero-order valence-corrected chi connectivity index (χ0v) is 20.9. The number of hydrogen-bond acceptors (Lipinski definition) is 4. The lowest BCUT2D eigenvalue weighted by Gasteiger charge is -2.36. The van der Waals surface area contributed by atoms with Gasteiger partial charge in [0.15, 0.2) is 6.10 Å². The third kappa shape index (κ3) is 4.53. The largest absolute Gasteiger partial charge is 0.476 e. The first-order valence-electron chi connectivity index (χ1n) is 11.2. The number of amides is 1. The average molecular weight is 479 g/mol. The van der Waals surface area contributed by atoms with Crippen LogP contribution in [0, 0.1) is 13.8 Å². The third-order valence-corrected chi connectivity index (χ3v) is 7.84. The zero-order chi connectivity index (χ0) is 24.7. The van der Waals surface area contributed by atoms with Crippen LogP contribution in [0.1, 0.15) is 37.5 Å². The van der Waals surface area contributed by atoms with Crippen molar-refractivity contribution in [3.8, 4) is 5.75 Å². The van der Waals surface area contributed by atoms with Crippen LogP contribution >= 0.6 is 0 Å². The molecule has 1 atom stereocenters. The van der Waals surface area contributed by atoms with Gasteiger partial charge in [0.25, 0.3) is 15.9 Å². The Hall–Kier alpha value is -3.32. The van der Waals surface area contributed by atoms with Crippen LogP contribution in [-0.2, 0) is 20.2 Å². The number of aryl methyl sites for hydroxylation is 2. The molecule has 0 saturated carbocycles. The topological polar surface area (TPSA) is 75.7 Å². The van der Waals surface area contributed by atoms with E-state index in [2.05, 4.69) is 26.1 Å². The second-order valence-electron chi connectivity index (χ2n) is 9.64. The highest BCUT2D eigenvalue weighted by atomic mass is 32.2. The number of ether oxygens (including phenoxy) is 1. The van der Waals surface area contributed by atoms with Gasteiger partial charge in [-0.25, -0.2) is 8.42 Å². The van der Waals surface area contributed by atoms with E-state index >= 15 is 0 Å². The number of benzene rings is 3. The maximum Gasteiger partial charge on any atom is 0.267 e. The highest BCUT2D eigenvalue weighted by Gasteiger charge is 2.38. The van der Waals surface area contributed by atoms with Crippen molar-refractivity contribution in [3.63, 3.8) is 0 Å². The van der Waals surface area contributed by atoms with Crippen LogP contribution in [0.2, 0.25) is 0 Å². The Morgan fingerprint density at radius 3 is 2.24 bits per heavy atom. The Kier molecular flexibility index (Phi) is 6.16. The van der Waals surface area contributed by atoms with Crippen LogP contribution in [0.4, 0.5) is 11.4 Å². The number of sulfonamides is 1. The lowest BCUT2D eigenvalue weighted by Crippen LogP contribution is -2.49. The summed E-state index contributed by atoms with van der Waals surface area (Å²) < 4.78 is 34.7. The van der Waals surface area contributed by atoms with Gasteiger partial charge in [0.2, 0.25) is 0 Å². The van der Waals surface area contributed by atoms with E-state index in [-0.39, 0.29) is 16.9 Å². The molecule has 178 valence electrons. The Bertz CT molecular complexity index is 1310. The molecule has 1 amide bonds. The molecule has 0 aromatic heterocycles. The second kappa shape index (κ2) is 8.80. The molecule has 0 spiro atoms. The predicted molar refractivity (Wildman–Crippen MR) is 135 cm³/mol. The summed E-state index contributed by atoms with van der Waals surface area (Å²) in [5, 5.41) is 2.94. The number of nitrogens with one attached hydrogen (secondary N) is 1. The molecule has 1 aliphatic rings. The maximum absolute atomic E-state index is 13.7. The lowest BCUT2D eigenvalue weighted by molar-refractivity contribution is -0.122. The quantitative estimate of drug-likeness (QED) is 0.560. The molecule has 7 heteroatoms. The fourth-order valence-electron chi connectivity index (χ4n) is 4.02. The molecule has 1 aliphatic heterocycles. The molecule has 6 nitrogen and oxygen atoms in total. The molecular formula is C27H30N2O4S. The molecule has 1 N–H and O–H groups in total. The van der Waals surface area contributed by atoms with E-state index in [1.165, 1.54) is 4.31 Å². The van der Waals surface area contributed by atoms with E-state index in [4.69, 9.17) is 4.74 Å². The van der Waals surface area contributed by atoms with Crippen molar-refractivity contribution in [1.29, 1.82) is 0 Å². The second-order valence-corrected chi connectivity index (χ2v) is 11.5. The minimum Gasteiger partial charge on any atom is -0.476 e. The number of nitrogens with zero attached hydrogens (tertiary/aromatic N) is 1. The number of para-hydroxylation sites is 1. The van der Waals surface area contributed by atoms with Crippen molar-refractivity contribution < 1.29 is 17.9 Å². The highest BCUT2D eigenvalue weighted by Crippen LogP contribution is 2.40. The molecule has 1 heterocycles. The van der Waals surface area contributed by atoms with Gasteiger partial charge in [0.1, 0.15) is 5.75 Å². The van der Waals surface area contributed by atoms with Crippen molar-refractivity contribution in [1.82, 2.24) is 0 Å². The number of anilines is 2. The summed E-state index contributed by atoms with van der Waals surface area (Å²) in [6.07, 6.45) is -1.01. The number of rotatable bonds is 4. The standard InChI is InChI=1S/C27H30N2O4S/c1-18-10-9-11-19(2)25(18)28-26(30)24-17-29(34(31,32)21-12-7-6-8-13-21)22-16-20(27(3,4)5)14-15-23(22)33-24/h6-16,24H,17H2,1-5H3,(H,28,30)/t24-/m1/s1. The van der Waals surface area contributed by atoms with Gasteiger partial charge in [0, 0.05) is 5.69 Å². The number of carbonyl (C=O) groups is 1. The van der Waals surface area contributed by atoms with Crippen LogP contribution in [-0.4, -0.2) is 27.0 Å². The summed E-state index contributed by atoms with van der Waals surface area (Å²) in [5.41, 5.74) is 3.78. The SMILES string of the molecule is Cc1cccc(C)c1NC(=O)[C@H]1CN(S(=O)(=O)c2ccccc2)c2cc(C(C)(C)C)ccc2O1. The molecule has 4 rings (SSSR count). The van der Waals surface area contributed by atoms with Crippen LogP contribution in [0.25, 0.3) is 0 Å². The fourth-order valence-corrected chi connectivity index (χ4v) is 5.51.